The van der Waals surface area contributed by atoms with Crippen LogP contribution >= 0.6 is 24.0 Å². The van der Waals surface area contributed by atoms with E-state index in [0.717, 1.165) is 24.8 Å². The van der Waals surface area contributed by atoms with E-state index in [1.54, 1.807) is 0 Å². The molecule has 1 saturated heterocycles. The first-order valence-electron chi connectivity index (χ1n) is 7.54. The highest BCUT2D eigenvalue weighted by molar-refractivity contribution is 6.32. The second-order valence-corrected chi connectivity index (χ2v) is 5.86. The van der Waals surface area contributed by atoms with Crippen molar-refractivity contribution in [2.45, 2.75) is 19.3 Å². The SMILES string of the molecule is CNCCC1CCN(CCOc2ccccc2Cl)CC1.Cl. The fourth-order valence-electron chi connectivity index (χ4n) is 2.69. The number of hydrogen-bond acceptors (Lipinski definition) is 3. The van der Waals surface area contributed by atoms with E-state index in [4.69, 9.17) is 16.3 Å². The second-order valence-electron chi connectivity index (χ2n) is 5.46. The molecule has 1 aliphatic heterocycles. The van der Waals surface area contributed by atoms with Crippen LogP contribution in [0.2, 0.25) is 5.02 Å². The average molecular weight is 333 g/mol. The Kier molecular flexibility index (Phi) is 9.09. The average Bonchev–Trinajstić information content (AvgIpc) is 2.48. The van der Waals surface area contributed by atoms with Gasteiger partial charge in [-0.3, -0.25) is 4.90 Å². The van der Waals surface area contributed by atoms with Crippen LogP contribution in [0.15, 0.2) is 24.3 Å². The molecule has 0 atom stereocenters. The molecule has 1 fully saturated rings. The highest BCUT2D eigenvalue weighted by Crippen LogP contribution is 2.23. The van der Waals surface area contributed by atoms with E-state index < -0.39 is 0 Å². The topological polar surface area (TPSA) is 24.5 Å². The Morgan fingerprint density at radius 3 is 2.67 bits per heavy atom. The van der Waals surface area contributed by atoms with Gasteiger partial charge in [-0.1, -0.05) is 23.7 Å². The number of piperidine rings is 1. The van der Waals surface area contributed by atoms with Crippen molar-refractivity contribution < 1.29 is 4.74 Å². The molecule has 1 heterocycles. The van der Waals surface area contributed by atoms with Crippen molar-refractivity contribution in [3.8, 4) is 5.75 Å². The summed E-state index contributed by atoms with van der Waals surface area (Å²) in [5.74, 6) is 1.68. The van der Waals surface area contributed by atoms with Crippen molar-refractivity contribution >= 4 is 24.0 Å². The van der Waals surface area contributed by atoms with Gasteiger partial charge in [0.25, 0.3) is 0 Å². The number of hydrogen-bond donors (Lipinski definition) is 1. The van der Waals surface area contributed by atoms with Gasteiger partial charge in [0.1, 0.15) is 12.4 Å². The Morgan fingerprint density at radius 1 is 1.29 bits per heavy atom. The zero-order valence-electron chi connectivity index (χ0n) is 12.7. The van der Waals surface area contributed by atoms with Crippen LogP contribution in [0.3, 0.4) is 0 Å². The van der Waals surface area contributed by atoms with E-state index in [-0.39, 0.29) is 12.4 Å². The van der Waals surface area contributed by atoms with E-state index in [9.17, 15) is 0 Å². The van der Waals surface area contributed by atoms with Gasteiger partial charge in [-0.25, -0.2) is 0 Å². The standard InChI is InChI=1S/C16H25ClN2O.ClH/c1-18-9-6-14-7-10-19(11-8-14)12-13-20-16-5-3-2-4-15(16)17;/h2-5,14,18H,6-13H2,1H3;1H. The molecule has 1 aliphatic rings. The molecule has 1 N–H and O–H groups in total. The summed E-state index contributed by atoms with van der Waals surface area (Å²) in [4.78, 5) is 2.49. The molecule has 1 aromatic rings. The molecule has 0 aromatic heterocycles. The number of benzene rings is 1. The Balaban J connectivity index is 0.00000220. The van der Waals surface area contributed by atoms with Crippen LogP contribution < -0.4 is 10.1 Å². The Bertz CT molecular complexity index is 396. The maximum absolute atomic E-state index is 6.07. The van der Waals surface area contributed by atoms with Crippen molar-refractivity contribution in [3.63, 3.8) is 0 Å². The summed E-state index contributed by atoms with van der Waals surface area (Å²) in [6.45, 7) is 5.23. The number of nitrogens with one attached hydrogen (secondary N) is 1. The molecular formula is C16H26Cl2N2O. The third kappa shape index (κ3) is 6.43. The van der Waals surface area contributed by atoms with Crippen LogP contribution in [0, 0.1) is 5.92 Å². The molecule has 2 rings (SSSR count). The number of nitrogens with zero attached hydrogens (tertiary/aromatic N) is 1. The lowest BCUT2D eigenvalue weighted by atomic mass is 9.93. The molecular weight excluding hydrogens is 307 g/mol. The molecule has 120 valence electrons. The van der Waals surface area contributed by atoms with E-state index in [1.165, 1.54) is 32.4 Å². The number of halogens is 2. The summed E-state index contributed by atoms with van der Waals surface area (Å²) in [5, 5.41) is 3.93. The minimum absolute atomic E-state index is 0. The molecule has 0 unspecified atom stereocenters. The smallest absolute Gasteiger partial charge is 0.137 e. The molecule has 0 amide bonds. The van der Waals surface area contributed by atoms with Crippen LogP contribution in [0.25, 0.3) is 0 Å². The Labute approximate surface area is 139 Å². The summed E-state index contributed by atoms with van der Waals surface area (Å²) in [7, 11) is 2.03. The second kappa shape index (κ2) is 10.3. The predicted octanol–water partition coefficient (Wildman–Crippen LogP) is 3.46. The molecule has 0 spiro atoms. The molecule has 1 aromatic carbocycles. The summed E-state index contributed by atoms with van der Waals surface area (Å²) in [6, 6.07) is 7.66. The van der Waals surface area contributed by atoms with Crippen LogP contribution in [0.4, 0.5) is 0 Å². The van der Waals surface area contributed by atoms with Crippen LogP contribution in [0.1, 0.15) is 19.3 Å². The third-order valence-electron chi connectivity index (χ3n) is 4.01. The normalized spacial score (nSPS) is 16.5. The Hall–Kier alpha value is -0.480. The van der Waals surface area contributed by atoms with Crippen LogP contribution in [-0.2, 0) is 0 Å². The van der Waals surface area contributed by atoms with Gasteiger partial charge in [0.2, 0.25) is 0 Å². The molecule has 0 aliphatic carbocycles. The zero-order valence-corrected chi connectivity index (χ0v) is 14.3. The number of likely N-dealkylation sites (tertiary alicyclic amines) is 1. The molecule has 21 heavy (non-hydrogen) atoms. The zero-order chi connectivity index (χ0) is 14.2. The first-order chi connectivity index (χ1) is 9.79. The monoisotopic (exact) mass is 332 g/mol. The van der Waals surface area contributed by atoms with E-state index in [2.05, 4.69) is 10.2 Å². The summed E-state index contributed by atoms with van der Waals surface area (Å²) in [5.41, 5.74) is 0. The van der Waals surface area contributed by atoms with Gasteiger partial charge in [-0.15, -0.1) is 12.4 Å². The van der Waals surface area contributed by atoms with Crippen molar-refractivity contribution in [3.05, 3.63) is 29.3 Å². The number of para-hydroxylation sites is 1. The summed E-state index contributed by atoms with van der Waals surface area (Å²) < 4.78 is 5.75. The maximum Gasteiger partial charge on any atom is 0.137 e. The molecule has 0 radical (unpaired) electrons. The van der Waals surface area contributed by atoms with Crippen molar-refractivity contribution in [1.29, 1.82) is 0 Å². The van der Waals surface area contributed by atoms with Gasteiger partial charge in [-0.2, -0.15) is 0 Å². The van der Waals surface area contributed by atoms with Gasteiger partial charge < -0.3 is 10.1 Å². The lowest BCUT2D eigenvalue weighted by Crippen LogP contribution is -2.37. The van der Waals surface area contributed by atoms with Crippen molar-refractivity contribution in [1.82, 2.24) is 10.2 Å². The lowest BCUT2D eigenvalue weighted by Gasteiger charge is -2.31. The first kappa shape index (κ1) is 18.6. The van der Waals surface area contributed by atoms with Crippen LogP contribution in [0.5, 0.6) is 5.75 Å². The largest absolute Gasteiger partial charge is 0.491 e. The van der Waals surface area contributed by atoms with E-state index >= 15 is 0 Å². The molecule has 3 nitrogen and oxygen atoms in total. The highest BCUT2D eigenvalue weighted by atomic mass is 35.5. The van der Waals surface area contributed by atoms with E-state index in [0.29, 0.717) is 11.6 Å². The van der Waals surface area contributed by atoms with E-state index in [1.807, 2.05) is 31.3 Å². The van der Waals surface area contributed by atoms with Gasteiger partial charge in [0.15, 0.2) is 0 Å². The van der Waals surface area contributed by atoms with Crippen LogP contribution in [-0.4, -0.2) is 44.7 Å². The first-order valence-corrected chi connectivity index (χ1v) is 7.91. The predicted molar refractivity (Wildman–Crippen MR) is 91.9 cm³/mol. The summed E-state index contributed by atoms with van der Waals surface area (Å²) >= 11 is 6.07. The quantitative estimate of drug-likeness (QED) is 0.827. The minimum atomic E-state index is 0. The summed E-state index contributed by atoms with van der Waals surface area (Å²) in [6.07, 6.45) is 3.93. The van der Waals surface area contributed by atoms with Crippen molar-refractivity contribution in [2.24, 2.45) is 5.92 Å². The minimum Gasteiger partial charge on any atom is -0.491 e. The van der Waals surface area contributed by atoms with Gasteiger partial charge in [0, 0.05) is 6.54 Å². The molecule has 0 saturated carbocycles. The number of ether oxygens (including phenoxy) is 1. The molecule has 0 bridgehead atoms. The Morgan fingerprint density at radius 2 is 2.00 bits per heavy atom. The fraction of sp³-hybridized carbons (Fsp3) is 0.625. The van der Waals surface area contributed by atoms with Gasteiger partial charge >= 0.3 is 0 Å². The van der Waals surface area contributed by atoms with Crippen molar-refractivity contribution in [2.75, 3.05) is 39.8 Å². The van der Waals surface area contributed by atoms with Gasteiger partial charge in [-0.05, 0) is 64.0 Å². The van der Waals surface area contributed by atoms with Gasteiger partial charge in [0.05, 0.1) is 5.02 Å². The number of rotatable bonds is 7. The fourth-order valence-corrected chi connectivity index (χ4v) is 2.88. The maximum atomic E-state index is 6.07. The third-order valence-corrected chi connectivity index (χ3v) is 4.32. The molecule has 5 heteroatoms. The highest BCUT2D eigenvalue weighted by Gasteiger charge is 2.18. The lowest BCUT2D eigenvalue weighted by molar-refractivity contribution is 0.151.